The van der Waals surface area contributed by atoms with Crippen LogP contribution in [0.25, 0.3) is 0 Å². The summed E-state index contributed by atoms with van der Waals surface area (Å²) in [5.74, 6) is 1.67. The van der Waals surface area contributed by atoms with Gasteiger partial charge in [0.1, 0.15) is 0 Å². The molecular formula is C17H34N4O2. The van der Waals surface area contributed by atoms with E-state index in [0.717, 1.165) is 51.5 Å². The minimum absolute atomic E-state index is 0.239. The first-order valence-electron chi connectivity index (χ1n) is 9.01. The van der Waals surface area contributed by atoms with E-state index in [1.54, 1.807) is 0 Å². The normalized spacial score (nSPS) is 15.3. The number of hydrogen-bond acceptors (Lipinski definition) is 3. The molecule has 0 atom stereocenters. The molecule has 0 aromatic rings. The Morgan fingerprint density at radius 1 is 1.22 bits per heavy atom. The average molecular weight is 326 g/mol. The fraction of sp³-hybridized carbons (Fsp3) is 0.882. The molecule has 0 saturated carbocycles. The van der Waals surface area contributed by atoms with Crippen molar-refractivity contribution in [1.82, 2.24) is 15.5 Å². The van der Waals surface area contributed by atoms with Gasteiger partial charge in [-0.05, 0) is 32.1 Å². The van der Waals surface area contributed by atoms with Gasteiger partial charge in [0.05, 0.1) is 13.2 Å². The largest absolute Gasteiger partial charge is 0.380 e. The van der Waals surface area contributed by atoms with Gasteiger partial charge in [-0.2, -0.15) is 0 Å². The van der Waals surface area contributed by atoms with Crippen LogP contribution in [0.3, 0.4) is 0 Å². The Kier molecular flexibility index (Phi) is 10.4. The summed E-state index contributed by atoms with van der Waals surface area (Å²) in [6.07, 6.45) is 3.89. The number of carbonyl (C=O) groups excluding carboxylic acids is 1. The Bertz CT molecular complexity index is 353. The van der Waals surface area contributed by atoms with E-state index in [1.165, 1.54) is 0 Å². The van der Waals surface area contributed by atoms with Crippen molar-refractivity contribution in [3.05, 3.63) is 0 Å². The highest BCUT2D eigenvalue weighted by Gasteiger charge is 2.17. The molecule has 1 rings (SSSR count). The average Bonchev–Trinajstić information content (AvgIpc) is 3.04. The van der Waals surface area contributed by atoms with Crippen LogP contribution < -0.4 is 10.6 Å². The van der Waals surface area contributed by atoms with E-state index in [-0.39, 0.29) is 5.91 Å². The molecule has 0 aromatic heterocycles. The van der Waals surface area contributed by atoms with Crippen LogP contribution in [0.1, 0.15) is 46.5 Å². The summed E-state index contributed by atoms with van der Waals surface area (Å²) in [5, 5.41) is 6.41. The number of ether oxygens (including phenoxy) is 1. The number of nitrogens with one attached hydrogen (secondary N) is 2. The van der Waals surface area contributed by atoms with Gasteiger partial charge in [-0.3, -0.25) is 9.79 Å². The van der Waals surface area contributed by atoms with E-state index in [9.17, 15) is 4.79 Å². The van der Waals surface area contributed by atoms with Gasteiger partial charge in [0.25, 0.3) is 0 Å². The standard InChI is InChI=1S/C17H34N4O2/c1-4-18-17(20-10-14-23-13-8-15(2)3)19-9-7-16(22)21-11-5-6-12-21/h15H,4-14H2,1-3H3,(H2,18,19,20). The number of hydrogen-bond donors (Lipinski definition) is 2. The van der Waals surface area contributed by atoms with Crippen LogP contribution in [-0.2, 0) is 9.53 Å². The van der Waals surface area contributed by atoms with E-state index in [0.29, 0.717) is 32.0 Å². The summed E-state index contributed by atoms with van der Waals surface area (Å²) in [7, 11) is 0. The lowest BCUT2D eigenvalue weighted by Gasteiger charge is -2.16. The summed E-state index contributed by atoms with van der Waals surface area (Å²) >= 11 is 0. The van der Waals surface area contributed by atoms with Crippen LogP contribution in [-0.4, -0.2) is 62.7 Å². The van der Waals surface area contributed by atoms with Gasteiger partial charge in [0.2, 0.25) is 5.91 Å². The molecule has 1 heterocycles. The molecule has 0 aliphatic carbocycles. The zero-order valence-corrected chi connectivity index (χ0v) is 15.1. The van der Waals surface area contributed by atoms with Gasteiger partial charge in [-0.25, -0.2) is 0 Å². The molecule has 1 fully saturated rings. The van der Waals surface area contributed by atoms with Crippen molar-refractivity contribution in [3.63, 3.8) is 0 Å². The summed E-state index contributed by atoms with van der Waals surface area (Å²) < 4.78 is 5.56. The lowest BCUT2D eigenvalue weighted by Crippen LogP contribution is -2.40. The molecule has 1 aliphatic heterocycles. The van der Waals surface area contributed by atoms with E-state index < -0.39 is 0 Å². The maximum Gasteiger partial charge on any atom is 0.224 e. The van der Waals surface area contributed by atoms with Crippen molar-refractivity contribution in [2.75, 3.05) is 45.9 Å². The molecule has 6 heteroatoms. The first-order chi connectivity index (χ1) is 11.1. The van der Waals surface area contributed by atoms with Gasteiger partial charge in [0.15, 0.2) is 5.96 Å². The number of nitrogens with zero attached hydrogens (tertiary/aromatic N) is 2. The van der Waals surface area contributed by atoms with Gasteiger partial charge in [-0.1, -0.05) is 13.8 Å². The fourth-order valence-electron chi connectivity index (χ4n) is 2.40. The van der Waals surface area contributed by atoms with Crippen molar-refractivity contribution in [2.45, 2.75) is 46.5 Å². The van der Waals surface area contributed by atoms with Crippen LogP contribution in [0.2, 0.25) is 0 Å². The van der Waals surface area contributed by atoms with Gasteiger partial charge >= 0.3 is 0 Å². The van der Waals surface area contributed by atoms with Crippen LogP contribution in [0.4, 0.5) is 0 Å². The van der Waals surface area contributed by atoms with E-state index in [1.807, 2.05) is 11.8 Å². The van der Waals surface area contributed by atoms with Crippen molar-refractivity contribution >= 4 is 11.9 Å². The van der Waals surface area contributed by atoms with Crippen molar-refractivity contribution in [3.8, 4) is 0 Å². The Morgan fingerprint density at radius 3 is 2.61 bits per heavy atom. The third-order valence-corrected chi connectivity index (χ3v) is 3.78. The summed E-state index contributed by atoms with van der Waals surface area (Å²) in [4.78, 5) is 18.4. The molecule has 0 unspecified atom stereocenters. The van der Waals surface area contributed by atoms with E-state index in [4.69, 9.17) is 4.74 Å². The number of rotatable bonds is 10. The molecule has 0 spiro atoms. The third kappa shape index (κ3) is 9.43. The highest BCUT2D eigenvalue weighted by Crippen LogP contribution is 2.08. The second-order valence-electron chi connectivity index (χ2n) is 6.32. The van der Waals surface area contributed by atoms with Gasteiger partial charge in [-0.15, -0.1) is 0 Å². The molecule has 0 bridgehead atoms. The molecule has 1 saturated heterocycles. The Balaban J connectivity index is 2.17. The number of aliphatic imine (C=N–C) groups is 1. The molecule has 23 heavy (non-hydrogen) atoms. The highest BCUT2D eigenvalue weighted by molar-refractivity contribution is 5.81. The van der Waals surface area contributed by atoms with Gasteiger partial charge < -0.3 is 20.3 Å². The summed E-state index contributed by atoms with van der Waals surface area (Å²) in [6, 6.07) is 0. The van der Waals surface area contributed by atoms with E-state index >= 15 is 0 Å². The molecule has 0 radical (unpaired) electrons. The van der Waals surface area contributed by atoms with Crippen LogP contribution >= 0.6 is 0 Å². The van der Waals surface area contributed by atoms with Crippen molar-refractivity contribution < 1.29 is 9.53 Å². The first kappa shape index (κ1) is 19.7. The maximum atomic E-state index is 12.0. The lowest BCUT2D eigenvalue weighted by atomic mass is 10.1. The lowest BCUT2D eigenvalue weighted by molar-refractivity contribution is -0.129. The van der Waals surface area contributed by atoms with Gasteiger partial charge in [0, 0.05) is 39.2 Å². The molecule has 0 aromatic carbocycles. The molecule has 6 nitrogen and oxygen atoms in total. The zero-order chi connectivity index (χ0) is 16.9. The smallest absolute Gasteiger partial charge is 0.224 e. The predicted molar refractivity (Wildman–Crippen MR) is 94.7 cm³/mol. The number of amides is 1. The quantitative estimate of drug-likeness (QED) is 0.364. The van der Waals surface area contributed by atoms with Crippen LogP contribution in [0.5, 0.6) is 0 Å². The second kappa shape index (κ2) is 12.2. The zero-order valence-electron chi connectivity index (χ0n) is 15.1. The molecule has 1 aliphatic rings. The molecule has 1 amide bonds. The van der Waals surface area contributed by atoms with Crippen LogP contribution in [0.15, 0.2) is 4.99 Å². The van der Waals surface area contributed by atoms with Crippen molar-refractivity contribution in [1.29, 1.82) is 0 Å². The molecule has 2 N–H and O–H groups in total. The highest BCUT2D eigenvalue weighted by atomic mass is 16.5. The Labute approximate surface area is 141 Å². The summed E-state index contributed by atoms with van der Waals surface area (Å²) in [6.45, 7) is 11.7. The minimum Gasteiger partial charge on any atom is -0.380 e. The second-order valence-corrected chi connectivity index (χ2v) is 6.32. The first-order valence-corrected chi connectivity index (χ1v) is 9.01. The predicted octanol–water partition coefficient (Wildman–Crippen LogP) is 1.62. The SMILES string of the molecule is CCNC(=NCCOCCC(C)C)NCCC(=O)N1CCCC1. The Morgan fingerprint density at radius 2 is 1.96 bits per heavy atom. The number of likely N-dealkylation sites (tertiary alicyclic amines) is 1. The maximum absolute atomic E-state index is 12.0. The van der Waals surface area contributed by atoms with Crippen molar-refractivity contribution in [2.24, 2.45) is 10.9 Å². The minimum atomic E-state index is 0.239. The monoisotopic (exact) mass is 326 g/mol. The topological polar surface area (TPSA) is 66.0 Å². The molecule has 134 valence electrons. The summed E-state index contributed by atoms with van der Waals surface area (Å²) in [5.41, 5.74) is 0. The Hall–Kier alpha value is -1.30. The number of carbonyl (C=O) groups is 1. The fourth-order valence-corrected chi connectivity index (χ4v) is 2.40. The van der Waals surface area contributed by atoms with Crippen LogP contribution in [0, 0.1) is 5.92 Å². The number of guanidine groups is 1. The third-order valence-electron chi connectivity index (χ3n) is 3.78. The molecular weight excluding hydrogens is 292 g/mol. The van der Waals surface area contributed by atoms with E-state index in [2.05, 4.69) is 29.5 Å².